The van der Waals surface area contributed by atoms with E-state index in [2.05, 4.69) is 5.32 Å². The molecule has 0 saturated carbocycles. The summed E-state index contributed by atoms with van der Waals surface area (Å²) >= 11 is 6.17. The number of carbonyl (C=O) groups is 2. The third-order valence-corrected chi connectivity index (χ3v) is 6.08. The van der Waals surface area contributed by atoms with E-state index in [0.29, 0.717) is 17.1 Å². The van der Waals surface area contributed by atoms with Gasteiger partial charge in [-0.3, -0.25) is 4.79 Å². The summed E-state index contributed by atoms with van der Waals surface area (Å²) in [7, 11) is 1.88. The van der Waals surface area contributed by atoms with Crippen molar-refractivity contribution < 1.29 is 9.59 Å². The van der Waals surface area contributed by atoms with E-state index in [1.807, 2.05) is 35.9 Å². The minimum atomic E-state index is -0.0934. The second kappa shape index (κ2) is 7.24. The highest BCUT2D eigenvalue weighted by molar-refractivity contribution is 6.33. The molecule has 2 saturated heterocycles. The number of amides is 3. The third-order valence-electron chi connectivity index (χ3n) is 5.75. The summed E-state index contributed by atoms with van der Waals surface area (Å²) < 4.78 is 0. The smallest absolute Gasteiger partial charge is 0.321 e. The van der Waals surface area contributed by atoms with Gasteiger partial charge in [0.05, 0.1) is 10.7 Å². The summed E-state index contributed by atoms with van der Waals surface area (Å²) in [6, 6.07) is 5.52. The number of likely N-dealkylation sites (tertiary alicyclic amines) is 2. The van der Waals surface area contributed by atoms with Gasteiger partial charge in [-0.15, -0.1) is 0 Å². The van der Waals surface area contributed by atoms with Gasteiger partial charge in [0.15, 0.2) is 0 Å². The molecule has 0 atom stereocenters. The maximum absolute atomic E-state index is 12.6. The van der Waals surface area contributed by atoms with E-state index in [1.54, 1.807) is 6.07 Å². The first kappa shape index (κ1) is 18.1. The number of urea groups is 1. The predicted molar refractivity (Wildman–Crippen MR) is 99.9 cm³/mol. The van der Waals surface area contributed by atoms with Gasteiger partial charge in [0.1, 0.15) is 0 Å². The second-order valence-corrected chi connectivity index (χ2v) is 7.87. The van der Waals surface area contributed by atoms with Gasteiger partial charge in [0, 0.05) is 33.1 Å². The van der Waals surface area contributed by atoms with E-state index in [4.69, 9.17) is 11.6 Å². The summed E-state index contributed by atoms with van der Waals surface area (Å²) in [5, 5.41) is 3.48. The molecule has 2 heterocycles. The second-order valence-electron chi connectivity index (χ2n) is 7.47. The molecule has 25 heavy (non-hydrogen) atoms. The molecule has 2 fully saturated rings. The fraction of sp³-hybridized carbons (Fsp3) is 0.579. The molecular weight excluding hydrogens is 338 g/mol. The number of benzene rings is 1. The molecule has 1 spiro atoms. The van der Waals surface area contributed by atoms with Gasteiger partial charge in [-0.2, -0.15) is 0 Å². The Morgan fingerprint density at radius 2 is 1.84 bits per heavy atom. The maximum Gasteiger partial charge on any atom is 0.321 e. The quantitative estimate of drug-likeness (QED) is 0.822. The first-order chi connectivity index (χ1) is 11.9. The van der Waals surface area contributed by atoms with Crippen LogP contribution in [0.5, 0.6) is 0 Å². The fourth-order valence-electron chi connectivity index (χ4n) is 3.83. The topological polar surface area (TPSA) is 52.7 Å². The number of hydrogen-bond acceptors (Lipinski definition) is 2. The Bertz CT molecular complexity index is 669. The fourth-order valence-corrected chi connectivity index (χ4v) is 4.00. The zero-order valence-corrected chi connectivity index (χ0v) is 15.7. The molecule has 3 rings (SSSR count). The summed E-state index contributed by atoms with van der Waals surface area (Å²) in [4.78, 5) is 28.2. The Morgan fingerprint density at radius 1 is 1.16 bits per heavy atom. The lowest BCUT2D eigenvalue weighted by Gasteiger charge is -2.41. The molecule has 2 aliphatic rings. The van der Waals surface area contributed by atoms with Crippen LogP contribution in [0.25, 0.3) is 0 Å². The minimum absolute atomic E-state index is 0.0934. The Labute approximate surface area is 154 Å². The van der Waals surface area contributed by atoms with Gasteiger partial charge < -0.3 is 15.1 Å². The van der Waals surface area contributed by atoms with E-state index in [1.165, 1.54) is 0 Å². The van der Waals surface area contributed by atoms with Crippen LogP contribution in [0.1, 0.15) is 37.7 Å². The lowest BCUT2D eigenvalue weighted by molar-refractivity contribution is -0.129. The molecule has 0 aromatic heterocycles. The normalized spacial score (nSPS) is 20.5. The van der Waals surface area contributed by atoms with Crippen LogP contribution in [-0.2, 0) is 4.79 Å². The van der Waals surface area contributed by atoms with Gasteiger partial charge in [-0.25, -0.2) is 4.79 Å². The lowest BCUT2D eigenvalue weighted by Crippen LogP contribution is -2.45. The van der Waals surface area contributed by atoms with Crippen LogP contribution in [0.15, 0.2) is 18.2 Å². The molecule has 1 aromatic rings. The van der Waals surface area contributed by atoms with E-state index in [0.717, 1.165) is 50.9 Å². The molecular formula is C19H26ClN3O2. The van der Waals surface area contributed by atoms with E-state index >= 15 is 0 Å². The van der Waals surface area contributed by atoms with Crippen molar-refractivity contribution in [2.75, 3.05) is 32.0 Å². The van der Waals surface area contributed by atoms with Crippen molar-refractivity contribution in [1.29, 1.82) is 0 Å². The Balaban J connectivity index is 1.59. The van der Waals surface area contributed by atoms with Crippen LogP contribution in [0.3, 0.4) is 0 Å². The number of anilines is 1. The van der Waals surface area contributed by atoms with Crippen molar-refractivity contribution >= 4 is 29.2 Å². The van der Waals surface area contributed by atoms with E-state index < -0.39 is 0 Å². The SMILES string of the molecule is Cc1ccc(Cl)c(NC(=O)N2CCC3(CCC(=O)N(C)CC3)CC2)c1. The average Bonchev–Trinajstić information content (AvgIpc) is 2.73. The number of nitrogens with one attached hydrogen (secondary N) is 1. The lowest BCUT2D eigenvalue weighted by atomic mass is 9.73. The molecule has 1 aromatic carbocycles. The molecule has 3 amide bonds. The molecule has 6 heteroatoms. The number of nitrogens with zero attached hydrogens (tertiary/aromatic N) is 2. The van der Waals surface area contributed by atoms with Crippen molar-refractivity contribution in [1.82, 2.24) is 9.80 Å². The van der Waals surface area contributed by atoms with Crippen molar-refractivity contribution in [3.63, 3.8) is 0 Å². The molecule has 136 valence electrons. The molecule has 0 aliphatic carbocycles. The monoisotopic (exact) mass is 363 g/mol. The van der Waals surface area contributed by atoms with Crippen LogP contribution in [0, 0.1) is 12.3 Å². The van der Waals surface area contributed by atoms with Gasteiger partial charge in [-0.1, -0.05) is 17.7 Å². The molecule has 0 radical (unpaired) electrons. The first-order valence-corrected chi connectivity index (χ1v) is 9.32. The molecule has 0 unspecified atom stereocenters. The highest BCUT2D eigenvalue weighted by Gasteiger charge is 2.38. The first-order valence-electron chi connectivity index (χ1n) is 8.95. The van der Waals surface area contributed by atoms with Crippen molar-refractivity contribution in [2.24, 2.45) is 5.41 Å². The standard InChI is InChI=1S/C19H26ClN3O2/c1-14-3-4-15(20)16(13-14)21-18(25)23-11-8-19(9-12-23)6-5-17(24)22(2)10-7-19/h3-4,13H,5-12H2,1-2H3,(H,21,25). The molecule has 0 bridgehead atoms. The zero-order chi connectivity index (χ0) is 18.0. The number of halogens is 1. The summed E-state index contributed by atoms with van der Waals surface area (Å²) in [5.74, 6) is 0.242. The number of hydrogen-bond donors (Lipinski definition) is 1. The van der Waals surface area contributed by atoms with E-state index in [-0.39, 0.29) is 17.4 Å². The zero-order valence-electron chi connectivity index (χ0n) is 15.0. The van der Waals surface area contributed by atoms with E-state index in [9.17, 15) is 9.59 Å². The Morgan fingerprint density at radius 3 is 2.56 bits per heavy atom. The summed E-state index contributed by atoms with van der Waals surface area (Å²) in [6.45, 7) is 4.26. The van der Waals surface area contributed by atoms with Crippen LogP contribution in [-0.4, -0.2) is 48.4 Å². The van der Waals surface area contributed by atoms with Crippen LogP contribution in [0.4, 0.5) is 10.5 Å². The average molecular weight is 364 g/mol. The van der Waals surface area contributed by atoms with Crippen LogP contribution < -0.4 is 5.32 Å². The molecule has 5 nitrogen and oxygen atoms in total. The Hall–Kier alpha value is -1.75. The molecule has 1 N–H and O–H groups in total. The maximum atomic E-state index is 12.6. The number of carbonyl (C=O) groups excluding carboxylic acids is 2. The largest absolute Gasteiger partial charge is 0.346 e. The van der Waals surface area contributed by atoms with Crippen LogP contribution >= 0.6 is 11.6 Å². The van der Waals surface area contributed by atoms with Gasteiger partial charge >= 0.3 is 6.03 Å². The molecule has 2 aliphatic heterocycles. The van der Waals surface area contributed by atoms with Crippen molar-refractivity contribution in [3.05, 3.63) is 28.8 Å². The van der Waals surface area contributed by atoms with Crippen LogP contribution in [0.2, 0.25) is 5.02 Å². The number of rotatable bonds is 1. The predicted octanol–water partition coefficient (Wildman–Crippen LogP) is 3.90. The Kier molecular flexibility index (Phi) is 5.23. The summed E-state index contributed by atoms with van der Waals surface area (Å²) in [6.07, 6.45) is 4.53. The van der Waals surface area contributed by atoms with Gasteiger partial charge in [-0.05, 0) is 55.7 Å². The van der Waals surface area contributed by atoms with Gasteiger partial charge in [0.2, 0.25) is 5.91 Å². The minimum Gasteiger partial charge on any atom is -0.346 e. The highest BCUT2D eigenvalue weighted by Crippen LogP contribution is 2.41. The number of aryl methyl sites for hydroxylation is 1. The van der Waals surface area contributed by atoms with Crippen molar-refractivity contribution in [3.8, 4) is 0 Å². The van der Waals surface area contributed by atoms with Gasteiger partial charge in [0.25, 0.3) is 0 Å². The number of piperidine rings is 1. The summed E-state index contributed by atoms with van der Waals surface area (Å²) in [5.41, 5.74) is 1.93. The van der Waals surface area contributed by atoms with Crippen molar-refractivity contribution in [2.45, 2.75) is 39.0 Å². The third kappa shape index (κ3) is 4.09. The highest BCUT2D eigenvalue weighted by atomic mass is 35.5.